The Hall–Kier alpha value is -2.54. The van der Waals surface area contributed by atoms with E-state index in [0.29, 0.717) is 19.8 Å². The van der Waals surface area contributed by atoms with Crippen LogP contribution in [0.25, 0.3) is 0 Å². The van der Waals surface area contributed by atoms with Crippen molar-refractivity contribution < 1.29 is 37.6 Å². The number of benzene rings is 2. The lowest BCUT2D eigenvalue weighted by molar-refractivity contribution is -0.180. The first-order chi connectivity index (χ1) is 19.4. The van der Waals surface area contributed by atoms with E-state index >= 15 is 0 Å². The molecule has 0 spiro atoms. The number of aryl methyl sites for hydroxylation is 1. The SMILES string of the molecule is CC(=O)O.CC1(C)OCc2cc([C@@H](O)CNCCCCCCOCCCCc3cccc(S(N)(=O)=O)c3)ccc2O1. The van der Waals surface area contributed by atoms with Crippen LogP contribution >= 0.6 is 0 Å². The average Bonchev–Trinajstić information content (AvgIpc) is 2.89. The van der Waals surface area contributed by atoms with Crippen LogP contribution in [-0.2, 0) is 37.3 Å². The van der Waals surface area contributed by atoms with Gasteiger partial charge in [0.15, 0.2) is 0 Å². The molecule has 1 aliphatic heterocycles. The lowest BCUT2D eigenvalue weighted by Gasteiger charge is -2.33. The summed E-state index contributed by atoms with van der Waals surface area (Å²) in [6.45, 7) is 8.21. The highest BCUT2D eigenvalue weighted by atomic mass is 32.2. The summed E-state index contributed by atoms with van der Waals surface area (Å²) in [6.07, 6.45) is 6.46. The topological polar surface area (TPSA) is 157 Å². The second-order valence-corrected chi connectivity index (χ2v) is 12.1. The zero-order chi connectivity index (χ0) is 30.3. The van der Waals surface area contributed by atoms with Gasteiger partial charge in [-0.1, -0.05) is 31.0 Å². The molecule has 10 nitrogen and oxygen atoms in total. The van der Waals surface area contributed by atoms with E-state index in [1.54, 1.807) is 12.1 Å². The molecule has 1 atom stereocenters. The molecule has 1 heterocycles. The number of sulfonamides is 1. The van der Waals surface area contributed by atoms with Crippen LogP contribution in [-0.4, -0.2) is 56.7 Å². The quantitative estimate of drug-likeness (QED) is 0.208. The molecule has 0 amide bonds. The number of aliphatic hydroxyl groups excluding tert-OH is 1. The van der Waals surface area contributed by atoms with Gasteiger partial charge in [-0.05, 0) is 74.0 Å². The van der Waals surface area contributed by atoms with E-state index in [0.717, 1.165) is 87.5 Å². The first kappa shape index (κ1) is 34.7. The van der Waals surface area contributed by atoms with Crippen LogP contribution in [0.2, 0.25) is 0 Å². The molecule has 0 unspecified atom stereocenters. The fourth-order valence-corrected chi connectivity index (χ4v) is 4.83. The van der Waals surface area contributed by atoms with E-state index in [4.69, 9.17) is 29.3 Å². The number of nitrogens with two attached hydrogens (primary N) is 1. The Morgan fingerprint density at radius 2 is 1.76 bits per heavy atom. The van der Waals surface area contributed by atoms with Crippen molar-refractivity contribution in [3.8, 4) is 5.75 Å². The fraction of sp³-hybridized carbons (Fsp3) is 0.567. The predicted molar refractivity (Wildman–Crippen MR) is 157 cm³/mol. The van der Waals surface area contributed by atoms with Crippen LogP contribution < -0.4 is 15.2 Å². The number of carboxylic acid groups (broad SMARTS) is 1. The molecule has 0 fully saturated rings. The number of carboxylic acids is 1. The van der Waals surface area contributed by atoms with E-state index in [9.17, 15) is 13.5 Å². The minimum Gasteiger partial charge on any atom is -0.481 e. The summed E-state index contributed by atoms with van der Waals surface area (Å²) < 4.78 is 40.1. The van der Waals surface area contributed by atoms with E-state index in [-0.39, 0.29) is 4.90 Å². The summed E-state index contributed by atoms with van der Waals surface area (Å²) in [5, 5.41) is 26.4. The molecule has 0 saturated carbocycles. The zero-order valence-corrected chi connectivity index (χ0v) is 25.3. The maximum absolute atomic E-state index is 11.4. The summed E-state index contributed by atoms with van der Waals surface area (Å²) >= 11 is 0. The van der Waals surface area contributed by atoms with Gasteiger partial charge in [0.05, 0.1) is 17.6 Å². The molecule has 5 N–H and O–H groups in total. The molecule has 11 heteroatoms. The zero-order valence-electron chi connectivity index (χ0n) is 24.4. The standard InChI is InChI=1S/C28H42N2O6S.C2H4O2/c1-28(2)35-21-24-19-23(13-14-27(24)36-28)26(31)20-30-15-6-3-4-7-16-34-17-8-5-10-22-11-9-12-25(18-22)37(29,32)33;1-2(3)4/h9,11-14,18-19,26,30-31H,3-8,10,15-17,20-21H2,1-2H3,(H2,29,32,33);1H3,(H,3,4)/t26-;/m0./s1. The van der Waals surface area contributed by atoms with Crippen molar-refractivity contribution in [3.05, 3.63) is 59.2 Å². The number of rotatable bonds is 16. The molecule has 230 valence electrons. The Kier molecular flexibility index (Phi) is 14.7. The van der Waals surface area contributed by atoms with E-state index in [2.05, 4.69) is 5.32 Å². The molecule has 1 aliphatic rings. The summed E-state index contributed by atoms with van der Waals surface area (Å²) in [6, 6.07) is 12.6. The second kappa shape index (κ2) is 17.4. The average molecular weight is 595 g/mol. The second-order valence-electron chi connectivity index (χ2n) is 10.6. The van der Waals surface area contributed by atoms with Crippen LogP contribution in [0.4, 0.5) is 0 Å². The first-order valence-electron chi connectivity index (χ1n) is 14.1. The Balaban J connectivity index is 0.00000138. The number of aliphatic hydroxyl groups is 1. The van der Waals surface area contributed by atoms with Crippen LogP contribution in [0.1, 0.15) is 82.1 Å². The molecular weight excluding hydrogens is 548 g/mol. The monoisotopic (exact) mass is 594 g/mol. The van der Waals surface area contributed by atoms with E-state index in [1.807, 2.05) is 38.1 Å². The van der Waals surface area contributed by atoms with Crippen molar-refractivity contribution >= 4 is 16.0 Å². The summed E-state index contributed by atoms with van der Waals surface area (Å²) in [5.74, 6) is -0.632. The molecule has 2 aromatic carbocycles. The van der Waals surface area contributed by atoms with Crippen molar-refractivity contribution in [2.45, 2.75) is 89.1 Å². The maximum Gasteiger partial charge on any atom is 0.300 e. The van der Waals surface area contributed by atoms with Gasteiger partial charge < -0.3 is 29.7 Å². The van der Waals surface area contributed by atoms with Gasteiger partial charge in [0, 0.05) is 46.1 Å². The van der Waals surface area contributed by atoms with Gasteiger partial charge in [-0.25, -0.2) is 13.6 Å². The molecule has 0 bridgehead atoms. The van der Waals surface area contributed by atoms with Crippen LogP contribution in [0.15, 0.2) is 47.4 Å². The Morgan fingerprint density at radius 3 is 2.46 bits per heavy atom. The fourth-order valence-electron chi connectivity index (χ4n) is 4.24. The lowest BCUT2D eigenvalue weighted by atomic mass is 10.0. The van der Waals surface area contributed by atoms with Crippen molar-refractivity contribution in [2.24, 2.45) is 5.14 Å². The Labute approximate surface area is 244 Å². The molecule has 2 aromatic rings. The Morgan fingerprint density at radius 1 is 1.07 bits per heavy atom. The highest BCUT2D eigenvalue weighted by Gasteiger charge is 2.27. The van der Waals surface area contributed by atoms with E-state index in [1.165, 1.54) is 6.07 Å². The largest absolute Gasteiger partial charge is 0.481 e. The van der Waals surface area contributed by atoms with Gasteiger partial charge >= 0.3 is 0 Å². The molecule has 41 heavy (non-hydrogen) atoms. The van der Waals surface area contributed by atoms with Crippen molar-refractivity contribution in [1.82, 2.24) is 5.32 Å². The van der Waals surface area contributed by atoms with Crippen molar-refractivity contribution in [2.75, 3.05) is 26.3 Å². The number of hydrogen-bond donors (Lipinski definition) is 4. The van der Waals surface area contributed by atoms with Gasteiger partial charge in [-0.15, -0.1) is 0 Å². The number of primary sulfonamides is 1. The summed E-state index contributed by atoms with van der Waals surface area (Å²) in [7, 11) is -3.65. The van der Waals surface area contributed by atoms with Gasteiger partial charge in [0.25, 0.3) is 5.97 Å². The normalized spacial score (nSPS) is 14.8. The molecule has 0 aliphatic carbocycles. The van der Waals surface area contributed by atoms with Gasteiger partial charge in [0.2, 0.25) is 15.8 Å². The third kappa shape index (κ3) is 14.3. The highest BCUT2D eigenvalue weighted by molar-refractivity contribution is 7.89. The number of aliphatic carboxylic acids is 1. The summed E-state index contributed by atoms with van der Waals surface area (Å²) in [5.41, 5.74) is 2.81. The predicted octanol–water partition coefficient (Wildman–Crippen LogP) is 4.29. The molecular formula is C30H46N2O8S. The summed E-state index contributed by atoms with van der Waals surface area (Å²) in [4.78, 5) is 9.16. The number of hydrogen-bond acceptors (Lipinski definition) is 8. The molecule has 3 rings (SSSR count). The minimum absolute atomic E-state index is 0.164. The van der Waals surface area contributed by atoms with Gasteiger partial charge in [-0.3, -0.25) is 4.79 Å². The lowest BCUT2D eigenvalue weighted by Crippen LogP contribution is -2.35. The third-order valence-corrected chi connectivity index (χ3v) is 7.27. The van der Waals surface area contributed by atoms with E-state index < -0.39 is 27.9 Å². The van der Waals surface area contributed by atoms with Gasteiger partial charge in [0.1, 0.15) is 5.75 Å². The number of unbranched alkanes of at least 4 members (excludes halogenated alkanes) is 4. The van der Waals surface area contributed by atoms with Gasteiger partial charge in [-0.2, -0.15) is 0 Å². The number of ether oxygens (including phenoxy) is 3. The smallest absolute Gasteiger partial charge is 0.300 e. The van der Waals surface area contributed by atoms with Crippen LogP contribution in [0.5, 0.6) is 5.75 Å². The van der Waals surface area contributed by atoms with Crippen molar-refractivity contribution in [1.29, 1.82) is 0 Å². The van der Waals surface area contributed by atoms with Crippen molar-refractivity contribution in [3.63, 3.8) is 0 Å². The van der Waals surface area contributed by atoms with Crippen LogP contribution in [0.3, 0.4) is 0 Å². The third-order valence-electron chi connectivity index (χ3n) is 6.36. The molecule has 0 aromatic heterocycles. The highest BCUT2D eigenvalue weighted by Crippen LogP contribution is 2.32. The number of nitrogens with one attached hydrogen (secondary N) is 1. The number of carbonyl (C=O) groups is 1. The minimum atomic E-state index is -3.65. The van der Waals surface area contributed by atoms with Crippen LogP contribution in [0, 0.1) is 0 Å². The molecule has 0 radical (unpaired) electrons. The molecule has 0 saturated heterocycles. The maximum atomic E-state index is 11.4. The first-order valence-corrected chi connectivity index (χ1v) is 15.7. The Bertz CT molecular complexity index is 1180. The number of fused-ring (bicyclic) bond motifs is 1.